The van der Waals surface area contributed by atoms with Crippen molar-refractivity contribution in [3.05, 3.63) is 81.5 Å². The Hall–Kier alpha value is -3.75. The number of thiophene rings is 1. The zero-order valence-corrected chi connectivity index (χ0v) is 18.9. The summed E-state index contributed by atoms with van der Waals surface area (Å²) in [5.41, 5.74) is 0.501. The number of nitrogens with zero attached hydrogens (tertiary/aromatic N) is 3. The third kappa shape index (κ3) is 6.03. The van der Waals surface area contributed by atoms with Gasteiger partial charge < -0.3 is 9.47 Å². The molecule has 1 N–H and O–H groups in total. The van der Waals surface area contributed by atoms with E-state index in [1.54, 1.807) is 0 Å². The lowest BCUT2D eigenvalue weighted by atomic mass is 10.2. The SMILES string of the molecule is O=[N+]([O-])c1ccc(CN(O)c2nc(-c3ccc(F)cc3)c(Oc3ccccc3OC(F)(F)F)s2)s1. The molecule has 0 aliphatic rings. The molecule has 0 radical (unpaired) electrons. The largest absolute Gasteiger partial charge is 0.573 e. The van der Waals surface area contributed by atoms with E-state index in [9.17, 15) is 32.9 Å². The van der Waals surface area contributed by atoms with Gasteiger partial charge in [0.25, 0.3) is 0 Å². The Labute approximate surface area is 202 Å². The topological polar surface area (TPSA) is 98.0 Å². The number of alkyl halides is 3. The third-order valence-corrected chi connectivity index (χ3v) is 6.30. The van der Waals surface area contributed by atoms with E-state index in [1.165, 1.54) is 54.6 Å². The normalized spacial score (nSPS) is 11.3. The molecule has 4 aromatic rings. The predicted molar refractivity (Wildman–Crippen MR) is 120 cm³/mol. The summed E-state index contributed by atoms with van der Waals surface area (Å²) in [6.45, 7) is -0.151. The molecule has 0 unspecified atom stereocenters. The standard InChI is InChI=1S/C21H13F4N3O5S2/c22-13-7-5-12(6-8-13)18-19(32-15-3-1-2-4-16(15)33-21(23,24)25)35-20(26-18)27(29)11-14-9-10-17(34-14)28(30)31/h1-10,29H,11H2. The quantitative estimate of drug-likeness (QED) is 0.150. The molecule has 4 rings (SSSR count). The molecule has 182 valence electrons. The number of ether oxygens (including phenoxy) is 2. The number of rotatable bonds is 8. The average molecular weight is 527 g/mol. The summed E-state index contributed by atoms with van der Waals surface area (Å²) in [6, 6.07) is 13.0. The predicted octanol–water partition coefficient (Wildman–Crippen LogP) is 7.01. The van der Waals surface area contributed by atoms with Crippen LogP contribution in [0.15, 0.2) is 60.7 Å². The van der Waals surface area contributed by atoms with Crippen LogP contribution in [0.25, 0.3) is 11.3 Å². The smallest absolute Gasteiger partial charge is 0.440 e. The molecule has 0 saturated heterocycles. The summed E-state index contributed by atoms with van der Waals surface area (Å²) in [5.74, 6) is -1.37. The van der Waals surface area contributed by atoms with Gasteiger partial charge in [-0.2, -0.15) is 0 Å². The number of anilines is 1. The van der Waals surface area contributed by atoms with Crippen LogP contribution in [0.5, 0.6) is 16.6 Å². The van der Waals surface area contributed by atoms with E-state index in [1.807, 2.05) is 0 Å². The minimum absolute atomic E-state index is 0.000966. The number of halogens is 4. The Kier molecular flexibility index (Phi) is 6.86. The number of aromatic nitrogens is 1. The van der Waals surface area contributed by atoms with Crippen LogP contribution in [0.1, 0.15) is 4.88 Å². The van der Waals surface area contributed by atoms with Gasteiger partial charge in [0.1, 0.15) is 11.5 Å². The summed E-state index contributed by atoms with van der Waals surface area (Å²) in [6.07, 6.45) is -4.96. The molecule has 0 amide bonds. The Morgan fingerprint density at radius 2 is 1.71 bits per heavy atom. The lowest BCUT2D eigenvalue weighted by molar-refractivity contribution is -0.380. The number of hydrogen-bond acceptors (Lipinski definition) is 9. The fourth-order valence-electron chi connectivity index (χ4n) is 2.87. The van der Waals surface area contributed by atoms with Crippen molar-refractivity contribution in [1.82, 2.24) is 4.98 Å². The Morgan fingerprint density at radius 3 is 2.34 bits per heavy atom. The van der Waals surface area contributed by atoms with E-state index in [0.29, 0.717) is 10.4 Å². The molecule has 0 bridgehead atoms. The molecule has 14 heteroatoms. The van der Waals surface area contributed by atoms with Gasteiger partial charge in [-0.05, 0) is 42.5 Å². The van der Waals surface area contributed by atoms with E-state index >= 15 is 0 Å². The summed E-state index contributed by atoms with van der Waals surface area (Å²) < 4.78 is 61.6. The number of hydrogen-bond donors (Lipinski definition) is 1. The van der Waals surface area contributed by atoms with Crippen LogP contribution >= 0.6 is 22.7 Å². The minimum Gasteiger partial charge on any atom is -0.440 e. The molecular weight excluding hydrogens is 514 g/mol. The lowest BCUT2D eigenvalue weighted by Crippen LogP contribution is -2.17. The highest BCUT2D eigenvalue weighted by Crippen LogP contribution is 2.44. The van der Waals surface area contributed by atoms with Crippen LogP contribution in [0.2, 0.25) is 0 Å². The first-order valence-corrected chi connectivity index (χ1v) is 11.2. The van der Waals surface area contributed by atoms with Crippen LogP contribution < -0.4 is 14.5 Å². The van der Waals surface area contributed by atoms with Crippen molar-refractivity contribution < 1.29 is 37.2 Å². The van der Waals surface area contributed by atoms with Crippen LogP contribution in [-0.2, 0) is 6.54 Å². The zero-order chi connectivity index (χ0) is 25.2. The second-order valence-corrected chi connectivity index (χ2v) is 8.88. The first-order chi connectivity index (χ1) is 16.6. The average Bonchev–Trinajstić information content (AvgIpc) is 3.42. The summed E-state index contributed by atoms with van der Waals surface area (Å²) in [5, 5.41) is 22.1. The molecule has 0 aliphatic carbocycles. The molecule has 0 spiro atoms. The van der Waals surface area contributed by atoms with Gasteiger partial charge in [0.2, 0.25) is 10.2 Å². The molecule has 0 aliphatic heterocycles. The molecule has 2 aromatic carbocycles. The Balaban J connectivity index is 1.68. The molecule has 8 nitrogen and oxygen atoms in total. The molecule has 2 heterocycles. The number of thiazole rings is 1. The van der Waals surface area contributed by atoms with Crippen molar-refractivity contribution in [2.45, 2.75) is 12.9 Å². The number of benzene rings is 2. The van der Waals surface area contributed by atoms with Crippen molar-refractivity contribution in [2.75, 3.05) is 5.06 Å². The summed E-state index contributed by atoms with van der Waals surface area (Å²) >= 11 is 1.67. The monoisotopic (exact) mass is 527 g/mol. The fraction of sp³-hybridized carbons (Fsp3) is 0.0952. The highest BCUT2D eigenvalue weighted by atomic mass is 32.1. The van der Waals surface area contributed by atoms with E-state index in [-0.39, 0.29) is 33.2 Å². The van der Waals surface area contributed by atoms with Crippen molar-refractivity contribution in [1.29, 1.82) is 0 Å². The van der Waals surface area contributed by atoms with Gasteiger partial charge in [-0.1, -0.05) is 34.8 Å². The molecule has 35 heavy (non-hydrogen) atoms. The molecule has 0 atom stereocenters. The van der Waals surface area contributed by atoms with E-state index in [4.69, 9.17) is 4.74 Å². The van der Waals surface area contributed by atoms with Gasteiger partial charge in [0.15, 0.2) is 11.5 Å². The van der Waals surface area contributed by atoms with E-state index < -0.39 is 22.9 Å². The van der Waals surface area contributed by atoms with Crippen molar-refractivity contribution in [3.63, 3.8) is 0 Å². The van der Waals surface area contributed by atoms with Gasteiger partial charge in [-0.25, -0.2) is 14.4 Å². The second-order valence-electron chi connectivity index (χ2n) is 6.79. The zero-order valence-electron chi connectivity index (χ0n) is 17.2. The highest BCUT2D eigenvalue weighted by Gasteiger charge is 2.33. The maximum absolute atomic E-state index is 13.4. The number of para-hydroxylation sites is 2. The maximum atomic E-state index is 13.4. The van der Waals surface area contributed by atoms with Crippen LogP contribution in [0, 0.1) is 15.9 Å². The first-order valence-electron chi connectivity index (χ1n) is 9.58. The Bertz CT molecular complexity index is 1340. The van der Waals surface area contributed by atoms with Crippen LogP contribution in [0.4, 0.5) is 27.7 Å². The van der Waals surface area contributed by atoms with E-state index in [0.717, 1.165) is 33.8 Å². The van der Waals surface area contributed by atoms with Gasteiger partial charge in [-0.3, -0.25) is 15.3 Å². The Morgan fingerprint density at radius 1 is 1.03 bits per heavy atom. The van der Waals surface area contributed by atoms with Gasteiger partial charge in [0, 0.05) is 16.5 Å². The molecule has 2 aromatic heterocycles. The molecular formula is C21H13F4N3O5S2. The molecule has 0 saturated carbocycles. The van der Waals surface area contributed by atoms with Gasteiger partial charge in [0.05, 0.1) is 11.5 Å². The van der Waals surface area contributed by atoms with Crippen LogP contribution in [0.3, 0.4) is 0 Å². The van der Waals surface area contributed by atoms with Crippen molar-refractivity contribution in [3.8, 4) is 27.8 Å². The minimum atomic E-state index is -4.96. The second kappa shape index (κ2) is 9.85. The van der Waals surface area contributed by atoms with Crippen molar-refractivity contribution in [2.24, 2.45) is 0 Å². The number of hydroxylamine groups is 1. The van der Waals surface area contributed by atoms with Crippen LogP contribution in [-0.4, -0.2) is 21.5 Å². The van der Waals surface area contributed by atoms with Crippen molar-refractivity contribution >= 4 is 32.8 Å². The van der Waals surface area contributed by atoms with E-state index in [2.05, 4.69) is 9.72 Å². The fourth-order valence-corrected chi connectivity index (χ4v) is 4.54. The third-order valence-electron chi connectivity index (χ3n) is 4.33. The first kappa shape index (κ1) is 24.4. The summed E-state index contributed by atoms with van der Waals surface area (Å²) in [4.78, 5) is 15.1. The molecule has 0 fully saturated rings. The number of nitro groups is 1. The van der Waals surface area contributed by atoms with Gasteiger partial charge >= 0.3 is 11.4 Å². The lowest BCUT2D eigenvalue weighted by Gasteiger charge is -2.13. The maximum Gasteiger partial charge on any atom is 0.573 e. The highest BCUT2D eigenvalue weighted by molar-refractivity contribution is 7.18. The summed E-state index contributed by atoms with van der Waals surface area (Å²) in [7, 11) is 0. The van der Waals surface area contributed by atoms with Gasteiger partial charge in [-0.15, -0.1) is 13.2 Å².